The number of rotatable bonds is 2. The maximum Gasteiger partial charge on any atom is 0.241 e. The summed E-state index contributed by atoms with van der Waals surface area (Å²) in [6.45, 7) is 5.00. The summed E-state index contributed by atoms with van der Waals surface area (Å²) in [6.07, 6.45) is 3.25. The molecule has 0 bridgehead atoms. The van der Waals surface area contributed by atoms with Crippen molar-refractivity contribution in [3.63, 3.8) is 0 Å². The summed E-state index contributed by atoms with van der Waals surface area (Å²) in [5, 5.41) is 6.31. The lowest BCUT2D eigenvalue weighted by Crippen LogP contribution is -2.43. The lowest BCUT2D eigenvalue weighted by atomic mass is 10.0. The van der Waals surface area contributed by atoms with Gasteiger partial charge in [-0.25, -0.2) is 0 Å². The standard InChI is InChI=1S/C14H20N2O.BrH/c1-10-6-5-7-11(2)13(10)16-14(17)12-8-3-4-9-15-12;/h5-7,12,15H,3-4,8-9H2,1-2H3,(H,16,17);1H. The first-order valence-corrected chi connectivity index (χ1v) is 6.29. The monoisotopic (exact) mass is 312 g/mol. The number of para-hydroxylation sites is 1. The minimum Gasteiger partial charge on any atom is -0.324 e. The molecule has 0 aliphatic carbocycles. The molecule has 2 rings (SSSR count). The molecule has 0 saturated carbocycles. The summed E-state index contributed by atoms with van der Waals surface area (Å²) >= 11 is 0. The fraction of sp³-hybridized carbons (Fsp3) is 0.500. The number of nitrogens with one attached hydrogen (secondary N) is 2. The molecule has 1 heterocycles. The van der Waals surface area contributed by atoms with Crippen LogP contribution in [-0.2, 0) is 4.79 Å². The van der Waals surface area contributed by atoms with E-state index in [1.165, 1.54) is 6.42 Å². The SMILES string of the molecule is Br.Cc1cccc(C)c1NC(=O)C1CCCCN1. The van der Waals surface area contributed by atoms with E-state index in [1.54, 1.807) is 0 Å². The van der Waals surface area contributed by atoms with E-state index >= 15 is 0 Å². The fourth-order valence-corrected chi connectivity index (χ4v) is 2.30. The maximum atomic E-state index is 12.1. The van der Waals surface area contributed by atoms with Crippen LogP contribution in [0.25, 0.3) is 0 Å². The first kappa shape index (κ1) is 15.2. The van der Waals surface area contributed by atoms with E-state index in [9.17, 15) is 4.79 Å². The molecule has 1 aromatic carbocycles. The van der Waals surface area contributed by atoms with Crippen molar-refractivity contribution < 1.29 is 4.79 Å². The first-order chi connectivity index (χ1) is 8.18. The third kappa shape index (κ3) is 3.56. The number of hydrogen-bond acceptors (Lipinski definition) is 2. The third-order valence-corrected chi connectivity index (χ3v) is 3.36. The molecule has 4 heteroatoms. The molecule has 1 aromatic rings. The van der Waals surface area contributed by atoms with Crippen molar-refractivity contribution >= 4 is 28.6 Å². The van der Waals surface area contributed by atoms with Crippen LogP contribution in [0, 0.1) is 13.8 Å². The van der Waals surface area contributed by atoms with E-state index in [0.717, 1.165) is 36.2 Å². The van der Waals surface area contributed by atoms with Crippen molar-refractivity contribution in [2.24, 2.45) is 0 Å². The minimum atomic E-state index is -0.0252. The Morgan fingerprint density at radius 3 is 2.50 bits per heavy atom. The number of carbonyl (C=O) groups excluding carboxylic acids is 1. The van der Waals surface area contributed by atoms with Crippen molar-refractivity contribution in [1.82, 2.24) is 5.32 Å². The van der Waals surface area contributed by atoms with Gasteiger partial charge in [-0.3, -0.25) is 4.79 Å². The van der Waals surface area contributed by atoms with Crippen LogP contribution in [0.5, 0.6) is 0 Å². The van der Waals surface area contributed by atoms with E-state index < -0.39 is 0 Å². The summed E-state index contributed by atoms with van der Waals surface area (Å²) in [7, 11) is 0. The van der Waals surface area contributed by atoms with E-state index in [1.807, 2.05) is 32.0 Å². The molecular formula is C14H21BrN2O. The van der Waals surface area contributed by atoms with Crippen LogP contribution in [0.15, 0.2) is 18.2 Å². The summed E-state index contributed by atoms with van der Waals surface area (Å²) in [6, 6.07) is 6.04. The largest absolute Gasteiger partial charge is 0.324 e. The van der Waals surface area contributed by atoms with Gasteiger partial charge in [-0.15, -0.1) is 17.0 Å². The summed E-state index contributed by atoms with van der Waals surface area (Å²) in [5.74, 6) is 0.0992. The summed E-state index contributed by atoms with van der Waals surface area (Å²) < 4.78 is 0. The number of halogens is 1. The van der Waals surface area contributed by atoms with Crippen LogP contribution in [0.3, 0.4) is 0 Å². The Labute approximate surface area is 119 Å². The molecule has 1 fully saturated rings. The highest BCUT2D eigenvalue weighted by atomic mass is 79.9. The second kappa shape index (κ2) is 6.90. The zero-order valence-electron chi connectivity index (χ0n) is 11.0. The van der Waals surface area contributed by atoms with Crippen molar-refractivity contribution in [2.45, 2.75) is 39.2 Å². The van der Waals surface area contributed by atoms with Gasteiger partial charge in [0, 0.05) is 5.69 Å². The van der Waals surface area contributed by atoms with E-state index in [-0.39, 0.29) is 28.9 Å². The number of benzene rings is 1. The second-order valence-corrected chi connectivity index (χ2v) is 4.76. The molecule has 1 aliphatic heterocycles. The highest BCUT2D eigenvalue weighted by molar-refractivity contribution is 8.93. The molecule has 100 valence electrons. The molecule has 1 atom stereocenters. The first-order valence-electron chi connectivity index (χ1n) is 6.29. The van der Waals surface area contributed by atoms with Gasteiger partial charge in [0.25, 0.3) is 0 Å². The van der Waals surface area contributed by atoms with Crippen LogP contribution < -0.4 is 10.6 Å². The van der Waals surface area contributed by atoms with E-state index in [2.05, 4.69) is 10.6 Å². The molecule has 18 heavy (non-hydrogen) atoms. The van der Waals surface area contributed by atoms with Gasteiger partial charge in [0.05, 0.1) is 6.04 Å². The van der Waals surface area contributed by atoms with Crippen LogP contribution >= 0.6 is 17.0 Å². The molecule has 1 saturated heterocycles. The van der Waals surface area contributed by atoms with Gasteiger partial charge in [0.15, 0.2) is 0 Å². The topological polar surface area (TPSA) is 41.1 Å². The highest BCUT2D eigenvalue weighted by Gasteiger charge is 2.21. The average molecular weight is 313 g/mol. The molecule has 1 unspecified atom stereocenters. The van der Waals surface area contributed by atoms with Crippen LogP contribution in [0.2, 0.25) is 0 Å². The molecular weight excluding hydrogens is 292 g/mol. The molecule has 0 spiro atoms. The predicted octanol–water partition coefficient (Wildman–Crippen LogP) is 2.96. The third-order valence-electron chi connectivity index (χ3n) is 3.36. The molecule has 1 aliphatic rings. The minimum absolute atomic E-state index is 0. The van der Waals surface area contributed by atoms with Gasteiger partial charge in [-0.05, 0) is 44.4 Å². The van der Waals surface area contributed by atoms with Crippen LogP contribution in [0.4, 0.5) is 5.69 Å². The zero-order valence-corrected chi connectivity index (χ0v) is 12.7. The van der Waals surface area contributed by atoms with Crippen molar-refractivity contribution in [3.05, 3.63) is 29.3 Å². The smallest absolute Gasteiger partial charge is 0.241 e. The molecule has 0 aromatic heterocycles. The van der Waals surface area contributed by atoms with Crippen LogP contribution in [0.1, 0.15) is 30.4 Å². The lowest BCUT2D eigenvalue weighted by Gasteiger charge is -2.23. The van der Waals surface area contributed by atoms with E-state index in [0.29, 0.717) is 0 Å². The Morgan fingerprint density at radius 1 is 1.28 bits per heavy atom. The second-order valence-electron chi connectivity index (χ2n) is 4.76. The Bertz CT molecular complexity index is 394. The van der Waals surface area contributed by atoms with Gasteiger partial charge >= 0.3 is 0 Å². The van der Waals surface area contributed by atoms with Gasteiger partial charge in [0.2, 0.25) is 5.91 Å². The lowest BCUT2D eigenvalue weighted by molar-refractivity contribution is -0.118. The van der Waals surface area contributed by atoms with Gasteiger partial charge < -0.3 is 10.6 Å². The molecule has 0 radical (unpaired) electrons. The number of anilines is 1. The summed E-state index contributed by atoms with van der Waals surface area (Å²) in [5.41, 5.74) is 3.20. The van der Waals surface area contributed by atoms with Gasteiger partial charge in [0.1, 0.15) is 0 Å². The Balaban J connectivity index is 0.00000162. The quantitative estimate of drug-likeness (QED) is 0.881. The Kier molecular flexibility index (Phi) is 5.82. The highest BCUT2D eigenvalue weighted by Crippen LogP contribution is 2.20. The number of hydrogen-bond donors (Lipinski definition) is 2. The fourth-order valence-electron chi connectivity index (χ4n) is 2.30. The number of carbonyl (C=O) groups is 1. The maximum absolute atomic E-state index is 12.1. The van der Waals surface area contributed by atoms with E-state index in [4.69, 9.17) is 0 Å². The summed E-state index contributed by atoms with van der Waals surface area (Å²) in [4.78, 5) is 12.1. The zero-order chi connectivity index (χ0) is 12.3. The average Bonchev–Trinajstić information content (AvgIpc) is 2.35. The van der Waals surface area contributed by atoms with Gasteiger partial charge in [-0.2, -0.15) is 0 Å². The Hall–Kier alpha value is -0.870. The number of amides is 1. The number of piperidine rings is 1. The molecule has 2 N–H and O–H groups in total. The normalized spacial score (nSPS) is 18.9. The van der Waals surface area contributed by atoms with Crippen molar-refractivity contribution in [1.29, 1.82) is 0 Å². The van der Waals surface area contributed by atoms with Crippen molar-refractivity contribution in [2.75, 3.05) is 11.9 Å². The van der Waals surface area contributed by atoms with Crippen molar-refractivity contribution in [3.8, 4) is 0 Å². The molecule has 1 amide bonds. The van der Waals surface area contributed by atoms with Gasteiger partial charge in [-0.1, -0.05) is 24.6 Å². The molecule has 3 nitrogen and oxygen atoms in total. The Morgan fingerprint density at radius 2 is 1.94 bits per heavy atom. The van der Waals surface area contributed by atoms with Crippen LogP contribution in [-0.4, -0.2) is 18.5 Å². The number of aryl methyl sites for hydroxylation is 2. The predicted molar refractivity (Wildman–Crippen MR) is 80.5 cm³/mol.